The third kappa shape index (κ3) is 3.71. The van der Waals surface area contributed by atoms with Crippen LogP contribution in [0.2, 0.25) is 0 Å². The molecular weight excluding hydrogens is 332 g/mol. The van der Waals surface area contributed by atoms with Crippen molar-refractivity contribution in [2.45, 2.75) is 49.8 Å². The average Bonchev–Trinajstić information content (AvgIpc) is 2.86. The first kappa shape index (κ1) is 18.3. The van der Waals surface area contributed by atoms with Gasteiger partial charge in [-0.15, -0.1) is 11.8 Å². The van der Waals surface area contributed by atoms with E-state index in [4.69, 9.17) is 0 Å². The number of likely N-dealkylation sites (tertiary alicyclic amines) is 2. The van der Waals surface area contributed by atoms with Gasteiger partial charge in [0.25, 0.3) is 0 Å². The minimum atomic E-state index is -0.0838. The lowest BCUT2D eigenvalue weighted by molar-refractivity contribution is -0.134. The van der Waals surface area contributed by atoms with Crippen molar-refractivity contribution in [1.29, 1.82) is 0 Å². The second-order valence-corrected chi connectivity index (χ2v) is 9.09. The summed E-state index contributed by atoms with van der Waals surface area (Å²) < 4.78 is 0. The molecule has 0 bridgehead atoms. The number of likely N-dealkylation sites (N-methyl/N-ethyl adjacent to an activating group) is 1. The molecular formula is C20H28N2O2S. The Morgan fingerprint density at radius 2 is 1.88 bits per heavy atom. The van der Waals surface area contributed by atoms with Gasteiger partial charge >= 0.3 is 0 Å². The number of nitrogens with zero attached hydrogens (tertiary/aromatic N) is 2. The number of benzene rings is 1. The van der Waals surface area contributed by atoms with Gasteiger partial charge in [0, 0.05) is 25.7 Å². The molecule has 0 aromatic heterocycles. The standard InChI is InChI=1S/C20H28N2O2S/c1-15(2)25-14-18(23)22-11-9-20(10-12-22)13-17(19(24)21(20)3)16-7-5-4-6-8-16/h4-8,15,17H,9-14H2,1-3H3. The van der Waals surface area contributed by atoms with Crippen LogP contribution in [0.1, 0.15) is 44.6 Å². The molecule has 1 aromatic rings. The number of thioether (sulfide) groups is 1. The Labute approximate surface area is 154 Å². The van der Waals surface area contributed by atoms with Crippen molar-refractivity contribution in [3.05, 3.63) is 35.9 Å². The van der Waals surface area contributed by atoms with Crippen LogP contribution in [0.25, 0.3) is 0 Å². The van der Waals surface area contributed by atoms with Crippen LogP contribution in [-0.2, 0) is 9.59 Å². The summed E-state index contributed by atoms with van der Waals surface area (Å²) in [6.07, 6.45) is 2.64. The Morgan fingerprint density at radius 1 is 1.24 bits per heavy atom. The fourth-order valence-corrected chi connectivity index (χ4v) is 4.72. The third-order valence-corrected chi connectivity index (χ3v) is 6.79. The molecule has 0 radical (unpaired) electrons. The summed E-state index contributed by atoms with van der Waals surface area (Å²) in [5.41, 5.74) is 1.03. The van der Waals surface area contributed by atoms with Gasteiger partial charge in [-0.2, -0.15) is 0 Å². The van der Waals surface area contributed by atoms with E-state index in [2.05, 4.69) is 26.0 Å². The molecule has 3 rings (SSSR count). The van der Waals surface area contributed by atoms with E-state index >= 15 is 0 Å². The van der Waals surface area contributed by atoms with Gasteiger partial charge in [-0.05, 0) is 30.1 Å². The lowest BCUT2D eigenvalue weighted by atomic mass is 9.81. The Bertz CT molecular complexity index is 624. The van der Waals surface area contributed by atoms with Gasteiger partial charge in [0.1, 0.15) is 0 Å². The first-order valence-electron chi connectivity index (χ1n) is 9.15. The topological polar surface area (TPSA) is 40.6 Å². The number of amides is 2. The first-order chi connectivity index (χ1) is 11.9. The molecule has 1 unspecified atom stereocenters. The molecule has 0 N–H and O–H groups in total. The maximum Gasteiger partial charge on any atom is 0.232 e. The van der Waals surface area contributed by atoms with E-state index in [9.17, 15) is 9.59 Å². The second kappa shape index (κ2) is 7.40. The number of carbonyl (C=O) groups excluding carboxylic acids is 2. The summed E-state index contributed by atoms with van der Waals surface area (Å²) in [7, 11) is 1.94. The largest absolute Gasteiger partial charge is 0.342 e. The van der Waals surface area contributed by atoms with Crippen LogP contribution in [-0.4, -0.2) is 58.3 Å². The molecule has 2 heterocycles. The monoisotopic (exact) mass is 360 g/mol. The molecule has 5 heteroatoms. The van der Waals surface area contributed by atoms with E-state index in [1.807, 2.05) is 35.0 Å². The molecule has 2 aliphatic heterocycles. The quantitative estimate of drug-likeness (QED) is 0.828. The van der Waals surface area contributed by atoms with Crippen LogP contribution in [0, 0.1) is 0 Å². The average molecular weight is 361 g/mol. The minimum absolute atomic E-state index is 0.0371. The number of hydrogen-bond acceptors (Lipinski definition) is 3. The highest BCUT2D eigenvalue weighted by Gasteiger charge is 2.50. The van der Waals surface area contributed by atoms with Gasteiger partial charge in [0.05, 0.1) is 11.7 Å². The van der Waals surface area contributed by atoms with E-state index in [-0.39, 0.29) is 23.3 Å². The summed E-state index contributed by atoms with van der Waals surface area (Å²) in [5, 5.41) is 0.477. The molecule has 0 saturated carbocycles. The second-order valence-electron chi connectivity index (χ2n) is 7.53. The highest BCUT2D eigenvalue weighted by atomic mass is 32.2. The maximum atomic E-state index is 12.8. The number of carbonyl (C=O) groups is 2. The van der Waals surface area contributed by atoms with Gasteiger partial charge < -0.3 is 9.80 Å². The molecule has 25 heavy (non-hydrogen) atoms. The lowest BCUT2D eigenvalue weighted by Gasteiger charge is -2.43. The molecule has 2 aliphatic rings. The van der Waals surface area contributed by atoms with Gasteiger partial charge in [-0.3, -0.25) is 9.59 Å². The zero-order chi connectivity index (χ0) is 18.0. The van der Waals surface area contributed by atoms with Crippen molar-refractivity contribution >= 4 is 23.6 Å². The molecule has 1 atom stereocenters. The SMILES string of the molecule is CC(C)SCC(=O)N1CCC2(CC1)CC(c1ccccc1)C(=O)N2C. The Hall–Kier alpha value is -1.49. The van der Waals surface area contributed by atoms with Crippen LogP contribution < -0.4 is 0 Å². The van der Waals surface area contributed by atoms with Crippen molar-refractivity contribution in [3.63, 3.8) is 0 Å². The van der Waals surface area contributed by atoms with Gasteiger partial charge in [0.2, 0.25) is 11.8 Å². The molecule has 2 fully saturated rings. The van der Waals surface area contributed by atoms with Gasteiger partial charge in [-0.25, -0.2) is 0 Å². The van der Waals surface area contributed by atoms with E-state index < -0.39 is 0 Å². The van der Waals surface area contributed by atoms with Gasteiger partial charge in [-0.1, -0.05) is 44.2 Å². The van der Waals surface area contributed by atoms with E-state index in [1.165, 1.54) is 0 Å². The molecule has 136 valence electrons. The summed E-state index contributed by atoms with van der Waals surface area (Å²) in [5.74, 6) is 0.984. The number of rotatable bonds is 4. The Balaban J connectivity index is 1.64. The van der Waals surface area contributed by atoms with Crippen molar-refractivity contribution in [2.75, 3.05) is 25.9 Å². The zero-order valence-corrected chi connectivity index (χ0v) is 16.2. The summed E-state index contributed by atoms with van der Waals surface area (Å²) in [6.45, 7) is 5.76. The molecule has 4 nitrogen and oxygen atoms in total. The Kier molecular flexibility index (Phi) is 5.42. The Morgan fingerprint density at radius 3 is 2.48 bits per heavy atom. The van der Waals surface area contributed by atoms with Crippen molar-refractivity contribution in [1.82, 2.24) is 9.80 Å². The predicted molar refractivity (Wildman–Crippen MR) is 103 cm³/mol. The van der Waals surface area contributed by atoms with Crippen LogP contribution >= 0.6 is 11.8 Å². The first-order valence-corrected chi connectivity index (χ1v) is 10.2. The molecule has 1 spiro atoms. The van der Waals surface area contributed by atoms with Crippen molar-refractivity contribution in [3.8, 4) is 0 Å². The fraction of sp³-hybridized carbons (Fsp3) is 0.600. The molecule has 2 amide bonds. The zero-order valence-electron chi connectivity index (χ0n) is 15.4. The number of hydrogen-bond donors (Lipinski definition) is 0. The molecule has 1 aromatic carbocycles. The van der Waals surface area contributed by atoms with E-state index in [0.717, 1.165) is 37.9 Å². The van der Waals surface area contributed by atoms with Crippen LogP contribution in [0.3, 0.4) is 0 Å². The van der Waals surface area contributed by atoms with E-state index in [1.54, 1.807) is 11.8 Å². The van der Waals surface area contributed by atoms with E-state index in [0.29, 0.717) is 11.0 Å². The van der Waals surface area contributed by atoms with Gasteiger partial charge in [0.15, 0.2) is 0 Å². The van der Waals surface area contributed by atoms with Crippen molar-refractivity contribution in [2.24, 2.45) is 0 Å². The molecule has 2 saturated heterocycles. The van der Waals surface area contributed by atoms with Crippen LogP contribution in [0.5, 0.6) is 0 Å². The minimum Gasteiger partial charge on any atom is -0.342 e. The summed E-state index contributed by atoms with van der Waals surface area (Å²) in [4.78, 5) is 29.1. The predicted octanol–water partition coefficient (Wildman–Crippen LogP) is 3.14. The summed E-state index contributed by atoms with van der Waals surface area (Å²) in [6, 6.07) is 10.1. The highest BCUT2D eigenvalue weighted by Crippen LogP contribution is 2.44. The van der Waals surface area contributed by atoms with Crippen LogP contribution in [0.4, 0.5) is 0 Å². The van der Waals surface area contributed by atoms with Crippen LogP contribution in [0.15, 0.2) is 30.3 Å². The fourth-order valence-electron chi connectivity index (χ4n) is 4.06. The smallest absolute Gasteiger partial charge is 0.232 e. The summed E-state index contributed by atoms with van der Waals surface area (Å²) >= 11 is 1.70. The van der Waals surface area contributed by atoms with Crippen molar-refractivity contribution < 1.29 is 9.59 Å². The normalized spacial score (nSPS) is 22.9. The molecule has 0 aliphatic carbocycles. The maximum absolute atomic E-state index is 12.8. The number of piperidine rings is 1. The highest BCUT2D eigenvalue weighted by molar-refractivity contribution is 8.00. The lowest BCUT2D eigenvalue weighted by Crippen LogP contribution is -2.53. The third-order valence-electron chi connectivity index (χ3n) is 5.71.